The molecule has 158 valence electrons. The van der Waals surface area contributed by atoms with Crippen molar-refractivity contribution in [2.45, 2.75) is 13.0 Å². The Hall–Kier alpha value is -3.87. The van der Waals surface area contributed by atoms with Gasteiger partial charge in [0.15, 0.2) is 6.73 Å². The van der Waals surface area contributed by atoms with Gasteiger partial charge >= 0.3 is 16.4 Å². The van der Waals surface area contributed by atoms with Crippen molar-refractivity contribution in [3.8, 4) is 11.5 Å². The first-order valence-electron chi connectivity index (χ1n) is 8.00. The number of carbonyl (C=O) groups is 1. The van der Waals surface area contributed by atoms with Crippen molar-refractivity contribution in [3.63, 3.8) is 0 Å². The van der Waals surface area contributed by atoms with Crippen molar-refractivity contribution in [3.05, 3.63) is 74.1 Å². The molecule has 0 saturated heterocycles. The Kier molecular flexibility index (Phi) is 7.52. The lowest BCUT2D eigenvalue weighted by molar-refractivity contribution is -0.384. The van der Waals surface area contributed by atoms with Crippen LogP contribution in [0.2, 0.25) is 0 Å². The summed E-state index contributed by atoms with van der Waals surface area (Å²) in [5.41, 5.74) is 9.01. The van der Waals surface area contributed by atoms with Crippen molar-refractivity contribution in [1.29, 1.82) is 0 Å². The second kappa shape index (κ2) is 10.1. The summed E-state index contributed by atoms with van der Waals surface area (Å²) in [6.45, 7) is -0.709. The Bertz CT molecular complexity index is 1080. The number of carbonyl (C=O) groups excluding carboxylic acids is 1. The third-order valence-corrected chi connectivity index (χ3v) is 3.87. The predicted octanol–water partition coefficient (Wildman–Crippen LogP) is 2.71. The Balaban J connectivity index is 2.06. The summed E-state index contributed by atoms with van der Waals surface area (Å²) < 4.78 is 45.0. The van der Waals surface area contributed by atoms with Crippen molar-refractivity contribution >= 4 is 22.1 Å². The maximum atomic E-state index is 12.0. The topological polar surface area (TPSA) is 191 Å². The molecule has 0 bridgehead atoms. The number of nitro benzene ring substituents is 1. The molecule has 0 aromatic heterocycles. The third-order valence-electron chi connectivity index (χ3n) is 3.47. The molecule has 2 rings (SSSR count). The van der Waals surface area contributed by atoms with E-state index in [9.17, 15) is 23.3 Å². The summed E-state index contributed by atoms with van der Waals surface area (Å²) >= 11 is 0. The van der Waals surface area contributed by atoms with Gasteiger partial charge in [-0.25, -0.2) is 0 Å². The fraction of sp³-hybridized carbons (Fsp3) is 0.188. The van der Waals surface area contributed by atoms with E-state index in [4.69, 9.17) is 19.6 Å². The van der Waals surface area contributed by atoms with E-state index in [2.05, 4.69) is 14.2 Å². The molecule has 0 aliphatic carbocycles. The number of ether oxygens (including phenoxy) is 2. The molecular formula is C16H14N4O9S. The molecule has 1 N–H and O–H groups in total. The van der Waals surface area contributed by atoms with Crippen molar-refractivity contribution < 1.29 is 36.3 Å². The van der Waals surface area contributed by atoms with Gasteiger partial charge in [0.05, 0.1) is 11.3 Å². The van der Waals surface area contributed by atoms with Gasteiger partial charge in [-0.15, -0.1) is 0 Å². The van der Waals surface area contributed by atoms with Gasteiger partial charge in [-0.2, -0.15) is 8.42 Å². The lowest BCUT2D eigenvalue weighted by Gasteiger charge is -2.12. The molecule has 0 radical (unpaired) electrons. The van der Waals surface area contributed by atoms with Gasteiger partial charge in [0.2, 0.25) is 0 Å². The zero-order chi connectivity index (χ0) is 22.1. The second-order valence-corrected chi connectivity index (χ2v) is 6.57. The van der Waals surface area contributed by atoms with Gasteiger partial charge in [0, 0.05) is 28.7 Å². The normalized spacial score (nSPS) is 10.6. The van der Waals surface area contributed by atoms with Gasteiger partial charge in [0.1, 0.15) is 18.1 Å². The van der Waals surface area contributed by atoms with Gasteiger partial charge in [-0.05, 0) is 23.2 Å². The second-order valence-electron chi connectivity index (χ2n) is 5.55. The number of nitrogens with zero attached hydrogens (tertiary/aromatic N) is 4. The van der Waals surface area contributed by atoms with Gasteiger partial charge in [-0.3, -0.25) is 19.5 Å². The number of esters is 1. The fourth-order valence-corrected chi connectivity index (χ4v) is 2.54. The van der Waals surface area contributed by atoms with E-state index in [1.165, 1.54) is 36.4 Å². The zero-order valence-electron chi connectivity index (χ0n) is 15.1. The molecule has 0 heterocycles. The van der Waals surface area contributed by atoms with Crippen LogP contribution >= 0.6 is 0 Å². The highest BCUT2D eigenvalue weighted by Crippen LogP contribution is 2.27. The first kappa shape index (κ1) is 22.4. The number of non-ortho nitro benzene ring substituents is 1. The summed E-state index contributed by atoms with van der Waals surface area (Å²) in [6, 6.07) is 8.99. The number of rotatable bonds is 10. The van der Waals surface area contributed by atoms with Crippen LogP contribution in [0, 0.1) is 10.1 Å². The highest BCUT2D eigenvalue weighted by Gasteiger charge is 2.14. The molecule has 0 atom stereocenters. The highest BCUT2D eigenvalue weighted by atomic mass is 32.3. The van der Waals surface area contributed by atoms with E-state index in [0.717, 1.165) is 6.07 Å². The standard InChI is InChI=1S/C16H14N4O9S/c17-19-18-10-28-15-8-14(29-30(24,25)26)6-3-12(15)9-27-16(21)7-11-1-4-13(5-2-11)20(22)23/h1-6,8H,7,9-10H2,(H,24,25,26). The van der Waals surface area contributed by atoms with Crippen molar-refractivity contribution in [1.82, 2.24) is 0 Å². The number of hydrogen-bond acceptors (Lipinski definition) is 9. The van der Waals surface area contributed by atoms with Crippen LogP contribution in [0.4, 0.5) is 5.69 Å². The van der Waals surface area contributed by atoms with Gasteiger partial charge < -0.3 is 13.7 Å². The van der Waals surface area contributed by atoms with Crippen LogP contribution in [0.15, 0.2) is 47.6 Å². The number of azide groups is 1. The summed E-state index contributed by atoms with van der Waals surface area (Å²) in [6.07, 6.45) is -0.142. The van der Waals surface area contributed by atoms with Crippen LogP contribution in [0.1, 0.15) is 11.1 Å². The van der Waals surface area contributed by atoms with Crippen LogP contribution in [0.5, 0.6) is 11.5 Å². The molecule has 0 aliphatic rings. The zero-order valence-corrected chi connectivity index (χ0v) is 15.9. The summed E-state index contributed by atoms with van der Waals surface area (Å²) in [4.78, 5) is 24.6. The summed E-state index contributed by atoms with van der Waals surface area (Å²) in [5, 5.41) is 13.8. The molecule has 2 aromatic carbocycles. The average molecular weight is 438 g/mol. The summed E-state index contributed by atoms with van der Waals surface area (Å²) in [7, 11) is -4.77. The predicted molar refractivity (Wildman–Crippen MR) is 99.9 cm³/mol. The number of nitro groups is 1. The van der Waals surface area contributed by atoms with E-state index in [1.54, 1.807) is 0 Å². The van der Waals surface area contributed by atoms with Crippen molar-refractivity contribution in [2.24, 2.45) is 5.11 Å². The van der Waals surface area contributed by atoms with Gasteiger partial charge in [0.25, 0.3) is 5.69 Å². The minimum atomic E-state index is -4.77. The molecule has 30 heavy (non-hydrogen) atoms. The van der Waals surface area contributed by atoms with Crippen LogP contribution in [-0.2, 0) is 33.0 Å². The molecule has 13 nitrogen and oxygen atoms in total. The molecule has 0 unspecified atom stereocenters. The number of benzene rings is 2. The van der Waals surface area contributed by atoms with Crippen LogP contribution in [0.3, 0.4) is 0 Å². The smallest absolute Gasteiger partial charge is 0.446 e. The number of hydrogen-bond donors (Lipinski definition) is 1. The minimum Gasteiger partial charge on any atom is -0.487 e. The highest BCUT2D eigenvalue weighted by molar-refractivity contribution is 7.81. The lowest BCUT2D eigenvalue weighted by atomic mass is 10.1. The molecule has 0 saturated carbocycles. The van der Waals surface area contributed by atoms with Gasteiger partial charge in [-0.1, -0.05) is 17.2 Å². The molecular weight excluding hydrogens is 424 g/mol. The maximum absolute atomic E-state index is 12.0. The largest absolute Gasteiger partial charge is 0.487 e. The van der Waals surface area contributed by atoms with E-state index in [0.29, 0.717) is 11.1 Å². The fourth-order valence-electron chi connectivity index (χ4n) is 2.20. The summed E-state index contributed by atoms with van der Waals surface area (Å²) in [5.74, 6) is -0.927. The molecule has 0 aliphatic heterocycles. The molecule has 0 amide bonds. The quantitative estimate of drug-likeness (QED) is 0.110. The Morgan fingerprint density at radius 1 is 1.23 bits per heavy atom. The Morgan fingerprint density at radius 3 is 2.53 bits per heavy atom. The monoisotopic (exact) mass is 438 g/mol. The van der Waals surface area contributed by atoms with Crippen LogP contribution in [-0.4, -0.2) is 30.6 Å². The third kappa shape index (κ3) is 7.27. The molecule has 0 spiro atoms. The van der Waals surface area contributed by atoms with Crippen LogP contribution < -0.4 is 8.92 Å². The maximum Gasteiger partial charge on any atom is 0.446 e. The van der Waals surface area contributed by atoms with E-state index >= 15 is 0 Å². The van der Waals surface area contributed by atoms with Crippen molar-refractivity contribution in [2.75, 3.05) is 6.73 Å². The van der Waals surface area contributed by atoms with E-state index in [-0.39, 0.29) is 30.2 Å². The SMILES string of the molecule is [N-]=[N+]=NCOc1cc(OS(=O)(=O)O)ccc1COC(=O)Cc1ccc([N+](=O)[O-])cc1. The van der Waals surface area contributed by atoms with E-state index < -0.39 is 28.0 Å². The Morgan fingerprint density at radius 2 is 1.93 bits per heavy atom. The first-order valence-corrected chi connectivity index (χ1v) is 9.37. The first-order chi connectivity index (χ1) is 14.2. The van der Waals surface area contributed by atoms with Crippen LogP contribution in [0.25, 0.3) is 10.4 Å². The Labute approximate surface area is 169 Å². The molecule has 14 heteroatoms. The molecule has 0 fully saturated rings. The van der Waals surface area contributed by atoms with E-state index in [1.807, 2.05) is 0 Å². The minimum absolute atomic E-state index is 0.00770. The average Bonchev–Trinajstić information content (AvgIpc) is 2.66. The molecule has 2 aromatic rings. The lowest BCUT2D eigenvalue weighted by Crippen LogP contribution is -2.10.